The first kappa shape index (κ1) is 20.4. The molecule has 3 N–H and O–H groups in total. The van der Waals surface area contributed by atoms with Gasteiger partial charge in [0, 0.05) is 12.1 Å². The predicted octanol–water partition coefficient (Wildman–Crippen LogP) is 2.05. The first-order valence-electron chi connectivity index (χ1n) is 8.51. The van der Waals surface area contributed by atoms with Crippen LogP contribution in [-0.4, -0.2) is 32.8 Å². The predicted molar refractivity (Wildman–Crippen MR) is 104 cm³/mol. The van der Waals surface area contributed by atoms with Gasteiger partial charge in [-0.3, -0.25) is 14.3 Å². The third kappa shape index (κ3) is 5.30. The molecule has 2 amide bonds. The summed E-state index contributed by atoms with van der Waals surface area (Å²) in [5.41, 5.74) is 1.56. The number of aryl methyl sites for hydroxylation is 1. The van der Waals surface area contributed by atoms with E-state index >= 15 is 0 Å². The Morgan fingerprint density at radius 3 is 2.26 bits per heavy atom. The van der Waals surface area contributed by atoms with Gasteiger partial charge < -0.3 is 10.6 Å². The van der Waals surface area contributed by atoms with E-state index in [0.29, 0.717) is 12.2 Å². The molecule has 0 unspecified atom stereocenters. The highest BCUT2D eigenvalue weighted by Gasteiger charge is 2.18. The van der Waals surface area contributed by atoms with E-state index in [1.807, 2.05) is 6.07 Å². The van der Waals surface area contributed by atoms with Gasteiger partial charge in [-0.2, -0.15) is 0 Å². The second kappa shape index (κ2) is 8.68. The number of benzene rings is 2. The van der Waals surface area contributed by atoms with Crippen molar-refractivity contribution in [2.45, 2.75) is 31.7 Å². The molecule has 0 heterocycles. The van der Waals surface area contributed by atoms with E-state index in [0.717, 1.165) is 5.56 Å². The molecule has 2 aromatic rings. The molecule has 2 rings (SSSR count). The Balaban J connectivity index is 2.11. The van der Waals surface area contributed by atoms with Crippen LogP contribution < -0.4 is 15.4 Å². The average Bonchev–Trinajstić information content (AvgIpc) is 2.63. The summed E-state index contributed by atoms with van der Waals surface area (Å²) in [5, 5.41) is 5.19. The smallest absolute Gasteiger partial charge is 0.261 e. The Bertz CT molecular complexity index is 924. The fourth-order valence-corrected chi connectivity index (χ4v) is 3.48. The van der Waals surface area contributed by atoms with Crippen LogP contribution in [0.2, 0.25) is 0 Å². The maximum atomic E-state index is 12.5. The first-order valence-corrected chi connectivity index (χ1v) is 10.00. The largest absolute Gasteiger partial charge is 0.355 e. The minimum Gasteiger partial charge on any atom is -0.355 e. The van der Waals surface area contributed by atoms with Crippen molar-refractivity contribution in [3.8, 4) is 0 Å². The Hall–Kier alpha value is -2.87. The molecule has 0 fully saturated rings. The van der Waals surface area contributed by atoms with Gasteiger partial charge in [0.1, 0.15) is 6.04 Å². The van der Waals surface area contributed by atoms with Gasteiger partial charge in [-0.15, -0.1) is 0 Å². The lowest BCUT2D eigenvalue weighted by Crippen LogP contribution is -2.44. The zero-order chi connectivity index (χ0) is 20.0. The summed E-state index contributed by atoms with van der Waals surface area (Å²) < 4.78 is 27.6. The minimum atomic E-state index is -3.77. The molecule has 2 aromatic carbocycles. The van der Waals surface area contributed by atoms with Gasteiger partial charge in [0.2, 0.25) is 5.91 Å². The van der Waals surface area contributed by atoms with Gasteiger partial charge in [-0.25, -0.2) is 8.42 Å². The molecule has 144 valence electrons. The summed E-state index contributed by atoms with van der Waals surface area (Å²) in [6.07, 6.45) is 0. The first-order chi connectivity index (χ1) is 12.7. The standard InChI is InChI=1S/C19H23N3O4S/c1-4-20-18(23)14(3)21-19(24)15-9-11-16(12-10-15)27(25,26)22-17-8-6-5-7-13(17)2/h5-12,14,22H,4H2,1-3H3,(H,20,23)(H,21,24)/t14-/m1/s1. The monoisotopic (exact) mass is 389 g/mol. The number of likely N-dealkylation sites (N-methyl/N-ethyl adjacent to an activating group) is 1. The van der Waals surface area contributed by atoms with Crippen LogP contribution >= 0.6 is 0 Å². The van der Waals surface area contributed by atoms with Crippen molar-refractivity contribution in [1.29, 1.82) is 0 Å². The lowest BCUT2D eigenvalue weighted by Gasteiger charge is -2.14. The number of rotatable bonds is 7. The molecule has 8 heteroatoms. The highest BCUT2D eigenvalue weighted by atomic mass is 32.2. The van der Waals surface area contributed by atoms with Crippen LogP contribution in [0.1, 0.15) is 29.8 Å². The molecule has 0 aliphatic carbocycles. The lowest BCUT2D eigenvalue weighted by molar-refractivity contribution is -0.122. The number of carbonyl (C=O) groups excluding carboxylic acids is 2. The molecule has 0 aromatic heterocycles. The molecule has 0 saturated carbocycles. The summed E-state index contributed by atoms with van der Waals surface area (Å²) in [6.45, 7) is 5.64. The summed E-state index contributed by atoms with van der Waals surface area (Å²) in [7, 11) is -3.77. The molecule has 0 radical (unpaired) electrons. The molecule has 27 heavy (non-hydrogen) atoms. The van der Waals surface area contributed by atoms with E-state index in [4.69, 9.17) is 0 Å². The van der Waals surface area contributed by atoms with Gasteiger partial charge in [0.15, 0.2) is 0 Å². The normalized spacial score (nSPS) is 12.1. The molecule has 1 atom stereocenters. The Morgan fingerprint density at radius 1 is 1.04 bits per heavy atom. The summed E-state index contributed by atoms with van der Waals surface area (Å²) >= 11 is 0. The minimum absolute atomic E-state index is 0.0408. The number of nitrogens with one attached hydrogen (secondary N) is 3. The van der Waals surface area contributed by atoms with Gasteiger partial charge in [-0.05, 0) is 56.7 Å². The summed E-state index contributed by atoms with van der Waals surface area (Å²) in [5.74, 6) is -0.739. The number of amides is 2. The fourth-order valence-electron chi connectivity index (χ4n) is 2.35. The second-order valence-electron chi connectivity index (χ2n) is 6.03. The third-order valence-corrected chi connectivity index (χ3v) is 5.29. The molecule has 0 aliphatic heterocycles. The van der Waals surface area contributed by atoms with Gasteiger partial charge in [-0.1, -0.05) is 18.2 Å². The van der Waals surface area contributed by atoms with Crippen LogP contribution in [0, 0.1) is 6.92 Å². The molecule has 0 bridgehead atoms. The maximum Gasteiger partial charge on any atom is 0.261 e. The number of carbonyl (C=O) groups is 2. The van der Waals surface area contributed by atoms with Crippen LogP contribution in [0.5, 0.6) is 0 Å². The van der Waals surface area contributed by atoms with E-state index in [2.05, 4.69) is 15.4 Å². The van der Waals surface area contributed by atoms with E-state index in [1.165, 1.54) is 24.3 Å². The summed E-state index contributed by atoms with van der Waals surface area (Å²) in [4.78, 5) is 23.9. The Labute approximate surface area is 159 Å². The van der Waals surface area contributed by atoms with E-state index in [1.54, 1.807) is 39.0 Å². The Kier molecular flexibility index (Phi) is 6.57. The average molecular weight is 389 g/mol. The maximum absolute atomic E-state index is 12.5. The van der Waals surface area contributed by atoms with Crippen molar-refractivity contribution < 1.29 is 18.0 Å². The van der Waals surface area contributed by atoms with Crippen molar-refractivity contribution in [2.75, 3.05) is 11.3 Å². The lowest BCUT2D eigenvalue weighted by atomic mass is 10.2. The van der Waals surface area contributed by atoms with Crippen LogP contribution in [0.4, 0.5) is 5.69 Å². The number of para-hydroxylation sites is 1. The van der Waals surface area contributed by atoms with Gasteiger partial charge in [0.05, 0.1) is 10.6 Å². The SMILES string of the molecule is CCNC(=O)[C@@H](C)NC(=O)c1ccc(S(=O)(=O)Nc2ccccc2C)cc1. The zero-order valence-electron chi connectivity index (χ0n) is 15.4. The highest BCUT2D eigenvalue weighted by molar-refractivity contribution is 7.92. The van der Waals surface area contributed by atoms with Crippen molar-refractivity contribution in [3.05, 3.63) is 59.7 Å². The zero-order valence-corrected chi connectivity index (χ0v) is 16.3. The topological polar surface area (TPSA) is 104 Å². The van der Waals surface area contributed by atoms with Crippen molar-refractivity contribution in [1.82, 2.24) is 10.6 Å². The molecular weight excluding hydrogens is 366 g/mol. The van der Waals surface area contributed by atoms with Crippen molar-refractivity contribution in [3.63, 3.8) is 0 Å². The molecule has 0 saturated heterocycles. The number of sulfonamides is 1. The van der Waals surface area contributed by atoms with E-state index in [-0.39, 0.29) is 16.4 Å². The molecule has 0 spiro atoms. The molecule has 7 nitrogen and oxygen atoms in total. The summed E-state index contributed by atoms with van der Waals surface area (Å²) in [6, 6.07) is 11.9. The van der Waals surface area contributed by atoms with Crippen LogP contribution in [0.25, 0.3) is 0 Å². The second-order valence-corrected chi connectivity index (χ2v) is 7.72. The third-order valence-electron chi connectivity index (χ3n) is 3.91. The van der Waals surface area contributed by atoms with Crippen LogP contribution in [0.15, 0.2) is 53.4 Å². The number of anilines is 1. The highest BCUT2D eigenvalue weighted by Crippen LogP contribution is 2.19. The van der Waals surface area contributed by atoms with Crippen LogP contribution in [-0.2, 0) is 14.8 Å². The van der Waals surface area contributed by atoms with Gasteiger partial charge >= 0.3 is 0 Å². The van der Waals surface area contributed by atoms with Crippen molar-refractivity contribution >= 4 is 27.5 Å². The molecule has 0 aliphatic rings. The van der Waals surface area contributed by atoms with Gasteiger partial charge in [0.25, 0.3) is 15.9 Å². The quantitative estimate of drug-likeness (QED) is 0.674. The Morgan fingerprint density at radius 2 is 1.67 bits per heavy atom. The van der Waals surface area contributed by atoms with E-state index < -0.39 is 22.0 Å². The number of hydrogen-bond donors (Lipinski definition) is 3. The van der Waals surface area contributed by atoms with Crippen molar-refractivity contribution in [2.24, 2.45) is 0 Å². The van der Waals surface area contributed by atoms with Crippen LogP contribution in [0.3, 0.4) is 0 Å². The number of hydrogen-bond acceptors (Lipinski definition) is 4. The molecular formula is C19H23N3O4S. The fraction of sp³-hybridized carbons (Fsp3) is 0.263. The van der Waals surface area contributed by atoms with E-state index in [9.17, 15) is 18.0 Å².